The van der Waals surface area contributed by atoms with Crippen molar-refractivity contribution >= 4 is 22.9 Å². The molecule has 31 heavy (non-hydrogen) atoms. The summed E-state index contributed by atoms with van der Waals surface area (Å²) in [4.78, 5) is 25.6. The second-order valence-electron chi connectivity index (χ2n) is 6.68. The van der Waals surface area contributed by atoms with Gasteiger partial charge in [0.2, 0.25) is 0 Å². The summed E-state index contributed by atoms with van der Waals surface area (Å²) in [6.45, 7) is 0.175. The van der Waals surface area contributed by atoms with Crippen LogP contribution in [0, 0.1) is 11.6 Å². The number of aromatic nitrogens is 2. The van der Waals surface area contributed by atoms with Gasteiger partial charge in [-0.05, 0) is 23.8 Å². The van der Waals surface area contributed by atoms with Crippen molar-refractivity contribution in [2.75, 3.05) is 0 Å². The standard InChI is InChI=1S/C23H16F2N4O2/c24-19-11-6-12-20(25)18(19)13-26-27-22(30)21-16-9-4-5-10-17(16)23(31)29(28-21)14-15-7-2-1-3-8-15/h1-13H,14H2,(H,27,30)/b26-13+. The van der Waals surface area contributed by atoms with E-state index in [9.17, 15) is 18.4 Å². The molecule has 1 N–H and O–H groups in total. The minimum Gasteiger partial charge on any atom is -0.267 e. The van der Waals surface area contributed by atoms with Crippen molar-refractivity contribution in [3.8, 4) is 0 Å². The van der Waals surface area contributed by atoms with E-state index in [-0.39, 0.29) is 23.4 Å². The predicted octanol–water partition coefficient (Wildman–Crippen LogP) is 3.49. The molecule has 0 aliphatic carbocycles. The molecule has 0 unspecified atom stereocenters. The maximum absolute atomic E-state index is 13.7. The highest BCUT2D eigenvalue weighted by Crippen LogP contribution is 2.14. The van der Waals surface area contributed by atoms with Gasteiger partial charge in [-0.2, -0.15) is 10.2 Å². The van der Waals surface area contributed by atoms with Gasteiger partial charge in [0.25, 0.3) is 11.5 Å². The van der Waals surface area contributed by atoms with Gasteiger partial charge in [-0.15, -0.1) is 0 Å². The van der Waals surface area contributed by atoms with Crippen LogP contribution in [0.3, 0.4) is 0 Å². The van der Waals surface area contributed by atoms with E-state index in [1.165, 1.54) is 10.7 Å². The second-order valence-corrected chi connectivity index (χ2v) is 6.68. The zero-order valence-electron chi connectivity index (χ0n) is 16.1. The third kappa shape index (κ3) is 4.23. The van der Waals surface area contributed by atoms with E-state index in [1.807, 2.05) is 30.3 Å². The van der Waals surface area contributed by atoms with Crippen LogP contribution >= 0.6 is 0 Å². The number of fused-ring (bicyclic) bond motifs is 1. The lowest BCUT2D eigenvalue weighted by molar-refractivity contribution is 0.0949. The summed E-state index contributed by atoms with van der Waals surface area (Å²) >= 11 is 0. The Bertz CT molecular complexity index is 1330. The minimum atomic E-state index is -0.807. The molecule has 0 atom stereocenters. The van der Waals surface area contributed by atoms with Crippen molar-refractivity contribution in [2.24, 2.45) is 5.10 Å². The molecular formula is C23H16F2N4O2. The van der Waals surface area contributed by atoms with Crippen LogP contribution in [-0.2, 0) is 6.54 Å². The van der Waals surface area contributed by atoms with Crippen LogP contribution in [0.25, 0.3) is 10.8 Å². The quantitative estimate of drug-likeness (QED) is 0.398. The number of benzene rings is 3. The largest absolute Gasteiger partial charge is 0.292 e. The van der Waals surface area contributed by atoms with Gasteiger partial charge in [-0.3, -0.25) is 9.59 Å². The van der Waals surface area contributed by atoms with Crippen LogP contribution in [0.4, 0.5) is 8.78 Å². The zero-order chi connectivity index (χ0) is 21.8. The number of rotatable bonds is 5. The summed E-state index contributed by atoms with van der Waals surface area (Å²) < 4.78 is 28.6. The van der Waals surface area contributed by atoms with E-state index in [4.69, 9.17) is 0 Å². The molecule has 6 nitrogen and oxygen atoms in total. The van der Waals surface area contributed by atoms with E-state index in [0.29, 0.717) is 10.8 Å². The van der Waals surface area contributed by atoms with Gasteiger partial charge in [-0.1, -0.05) is 54.6 Å². The number of carbonyl (C=O) groups excluding carboxylic acids is 1. The summed E-state index contributed by atoms with van der Waals surface area (Å²) in [5, 5.41) is 8.55. The molecule has 4 rings (SSSR count). The first-order valence-electron chi connectivity index (χ1n) is 9.36. The molecular weight excluding hydrogens is 402 g/mol. The third-order valence-electron chi connectivity index (χ3n) is 4.62. The number of halogens is 2. The number of hydrogen-bond acceptors (Lipinski definition) is 4. The molecule has 4 aromatic rings. The molecule has 0 bridgehead atoms. The molecule has 0 aliphatic heterocycles. The Kier molecular flexibility index (Phi) is 5.61. The van der Waals surface area contributed by atoms with Gasteiger partial charge in [0, 0.05) is 5.39 Å². The molecule has 3 aromatic carbocycles. The van der Waals surface area contributed by atoms with Crippen LogP contribution in [0.5, 0.6) is 0 Å². The molecule has 8 heteroatoms. The number of hydrazone groups is 1. The maximum Gasteiger partial charge on any atom is 0.292 e. The first-order valence-corrected chi connectivity index (χ1v) is 9.36. The first-order chi connectivity index (χ1) is 15.0. The van der Waals surface area contributed by atoms with E-state index >= 15 is 0 Å². The monoisotopic (exact) mass is 418 g/mol. The first kappa shape index (κ1) is 20.1. The molecule has 0 aliphatic rings. The second kappa shape index (κ2) is 8.66. The van der Waals surface area contributed by atoms with Gasteiger partial charge in [0.15, 0.2) is 5.69 Å². The maximum atomic E-state index is 13.7. The fourth-order valence-electron chi connectivity index (χ4n) is 3.11. The van der Waals surface area contributed by atoms with Crippen molar-refractivity contribution in [1.29, 1.82) is 0 Å². The third-order valence-corrected chi connectivity index (χ3v) is 4.62. The molecule has 0 radical (unpaired) electrons. The summed E-state index contributed by atoms with van der Waals surface area (Å²) in [5.41, 5.74) is 2.31. The lowest BCUT2D eigenvalue weighted by atomic mass is 10.1. The highest BCUT2D eigenvalue weighted by molar-refractivity contribution is 6.05. The lowest BCUT2D eigenvalue weighted by Crippen LogP contribution is -2.29. The minimum absolute atomic E-state index is 0.0303. The van der Waals surface area contributed by atoms with Crippen LogP contribution in [0.15, 0.2) is 82.7 Å². The van der Waals surface area contributed by atoms with E-state index in [0.717, 1.165) is 23.9 Å². The average Bonchev–Trinajstić information content (AvgIpc) is 2.78. The average molecular weight is 418 g/mol. The molecule has 0 spiro atoms. The number of nitrogens with zero attached hydrogens (tertiary/aromatic N) is 3. The fraction of sp³-hybridized carbons (Fsp3) is 0.0435. The van der Waals surface area contributed by atoms with Gasteiger partial charge in [0.1, 0.15) is 11.6 Å². The van der Waals surface area contributed by atoms with Gasteiger partial charge >= 0.3 is 0 Å². The van der Waals surface area contributed by atoms with Crippen LogP contribution in [0.2, 0.25) is 0 Å². The smallest absolute Gasteiger partial charge is 0.267 e. The van der Waals surface area contributed by atoms with Gasteiger partial charge in [0.05, 0.1) is 23.7 Å². The Morgan fingerprint density at radius 3 is 2.29 bits per heavy atom. The highest BCUT2D eigenvalue weighted by Gasteiger charge is 2.16. The van der Waals surface area contributed by atoms with Gasteiger partial charge < -0.3 is 0 Å². The molecule has 1 heterocycles. The van der Waals surface area contributed by atoms with Crippen LogP contribution in [-0.4, -0.2) is 21.9 Å². The summed E-state index contributed by atoms with van der Waals surface area (Å²) in [5.74, 6) is -2.33. The highest BCUT2D eigenvalue weighted by atomic mass is 19.1. The topological polar surface area (TPSA) is 76.3 Å². The molecule has 1 amide bonds. The summed E-state index contributed by atoms with van der Waals surface area (Å²) in [7, 11) is 0. The summed E-state index contributed by atoms with van der Waals surface area (Å²) in [6, 6.07) is 19.2. The fourth-order valence-corrected chi connectivity index (χ4v) is 3.11. The van der Waals surface area contributed by atoms with Crippen molar-refractivity contribution < 1.29 is 13.6 Å². The van der Waals surface area contributed by atoms with Crippen molar-refractivity contribution in [3.63, 3.8) is 0 Å². The number of amides is 1. The van der Waals surface area contributed by atoms with E-state index in [2.05, 4.69) is 15.6 Å². The number of carbonyl (C=O) groups is 1. The Labute approximate surface area is 175 Å². The Morgan fingerprint density at radius 1 is 0.935 bits per heavy atom. The molecule has 0 saturated carbocycles. The van der Waals surface area contributed by atoms with E-state index in [1.54, 1.807) is 24.3 Å². The van der Waals surface area contributed by atoms with Crippen molar-refractivity contribution in [3.05, 3.63) is 112 Å². The number of nitrogens with one attached hydrogen (secondary N) is 1. The molecule has 0 saturated heterocycles. The van der Waals surface area contributed by atoms with Crippen molar-refractivity contribution in [1.82, 2.24) is 15.2 Å². The molecule has 154 valence electrons. The lowest BCUT2D eigenvalue weighted by Gasteiger charge is -2.10. The summed E-state index contributed by atoms with van der Waals surface area (Å²) in [6.07, 6.45) is 0.880. The van der Waals surface area contributed by atoms with Crippen LogP contribution in [0.1, 0.15) is 21.6 Å². The van der Waals surface area contributed by atoms with Crippen LogP contribution < -0.4 is 11.0 Å². The van der Waals surface area contributed by atoms with E-state index < -0.39 is 17.5 Å². The Morgan fingerprint density at radius 2 is 1.58 bits per heavy atom. The predicted molar refractivity (Wildman–Crippen MR) is 113 cm³/mol. The number of hydrogen-bond donors (Lipinski definition) is 1. The molecule has 1 aromatic heterocycles. The SMILES string of the molecule is O=C(N/N=C/c1c(F)cccc1F)c1nn(Cc2ccccc2)c(=O)c2ccccc12. The normalized spacial score (nSPS) is 11.2. The molecule has 0 fully saturated rings. The van der Waals surface area contributed by atoms with Gasteiger partial charge in [-0.25, -0.2) is 18.9 Å². The Hall–Kier alpha value is -4.20. The van der Waals surface area contributed by atoms with Crippen molar-refractivity contribution in [2.45, 2.75) is 6.54 Å². The Balaban J connectivity index is 1.69. The zero-order valence-corrected chi connectivity index (χ0v) is 16.1.